The normalized spacial score (nSPS) is 14.4. The van der Waals surface area contributed by atoms with Crippen LogP contribution in [0.3, 0.4) is 0 Å². The van der Waals surface area contributed by atoms with Gasteiger partial charge in [0.05, 0.1) is 23.9 Å². The quantitative estimate of drug-likeness (QED) is 0.117. The van der Waals surface area contributed by atoms with Crippen molar-refractivity contribution in [3.05, 3.63) is 82.1 Å². The second-order valence-electron chi connectivity index (χ2n) is 14.4. The molecule has 9 heteroatoms. The molecule has 3 aromatic rings. The molecule has 48 heavy (non-hydrogen) atoms. The number of piperidine rings is 1. The number of carbonyl (C=O) groups excluding carboxylic acids is 1. The molecule has 0 bridgehead atoms. The molecule has 0 radical (unpaired) electrons. The highest BCUT2D eigenvalue weighted by Crippen LogP contribution is 2.34. The number of hydrogen-bond acceptors (Lipinski definition) is 8. The zero-order valence-corrected chi connectivity index (χ0v) is 30.4. The Morgan fingerprint density at radius 1 is 1.02 bits per heavy atom. The number of esters is 1. The SMILES string of the molecule is CCCN(CCCCC1CCN(CC(=O)OC(C)(C)C)CC1)c1nccc(COc2ccc(C(C)(C)c3cc(Cl)cc(C#N)c3)cc2)n1. The summed E-state index contributed by atoms with van der Waals surface area (Å²) < 4.78 is 11.6. The molecule has 0 saturated carbocycles. The molecule has 1 aliphatic heterocycles. The van der Waals surface area contributed by atoms with E-state index in [9.17, 15) is 10.1 Å². The maximum Gasteiger partial charge on any atom is 0.320 e. The number of nitriles is 1. The highest BCUT2D eigenvalue weighted by atomic mass is 35.5. The highest BCUT2D eigenvalue weighted by molar-refractivity contribution is 6.30. The number of carbonyl (C=O) groups is 1. The van der Waals surface area contributed by atoms with Gasteiger partial charge in [-0.05, 0) is 113 Å². The number of ether oxygens (including phenoxy) is 2. The fourth-order valence-electron chi connectivity index (χ4n) is 6.23. The summed E-state index contributed by atoms with van der Waals surface area (Å²) in [5.74, 6) is 2.10. The average Bonchev–Trinajstić information content (AvgIpc) is 3.05. The van der Waals surface area contributed by atoms with Gasteiger partial charge in [-0.25, -0.2) is 9.97 Å². The second-order valence-corrected chi connectivity index (χ2v) is 14.9. The van der Waals surface area contributed by atoms with E-state index in [1.54, 1.807) is 6.07 Å². The fraction of sp³-hybridized carbons (Fsp3) is 0.538. The molecule has 2 heterocycles. The summed E-state index contributed by atoms with van der Waals surface area (Å²) in [4.78, 5) is 26.2. The fourth-order valence-corrected chi connectivity index (χ4v) is 6.47. The van der Waals surface area contributed by atoms with Crippen molar-refractivity contribution < 1.29 is 14.3 Å². The Morgan fingerprint density at radius 3 is 2.42 bits per heavy atom. The Balaban J connectivity index is 1.24. The maximum atomic E-state index is 12.2. The minimum atomic E-state index is -0.432. The van der Waals surface area contributed by atoms with Crippen molar-refractivity contribution in [2.24, 2.45) is 5.92 Å². The third-order valence-electron chi connectivity index (χ3n) is 8.96. The molecular weight excluding hydrogens is 622 g/mol. The Labute approximate surface area is 292 Å². The summed E-state index contributed by atoms with van der Waals surface area (Å²) >= 11 is 6.29. The maximum absolute atomic E-state index is 12.2. The third kappa shape index (κ3) is 11.2. The molecule has 1 fully saturated rings. The Bertz CT molecular complexity index is 1520. The van der Waals surface area contributed by atoms with E-state index in [1.807, 2.05) is 57.3 Å². The van der Waals surface area contributed by atoms with Crippen LogP contribution < -0.4 is 9.64 Å². The first kappa shape index (κ1) is 37.2. The van der Waals surface area contributed by atoms with Gasteiger partial charge in [0.15, 0.2) is 0 Å². The molecule has 1 saturated heterocycles. The number of anilines is 1. The molecule has 0 amide bonds. The zero-order chi connectivity index (χ0) is 34.7. The number of benzene rings is 2. The summed E-state index contributed by atoms with van der Waals surface area (Å²) in [7, 11) is 0. The number of hydrogen-bond donors (Lipinski definition) is 0. The average molecular weight is 674 g/mol. The van der Waals surface area contributed by atoms with Crippen LogP contribution in [0.2, 0.25) is 5.02 Å². The van der Waals surface area contributed by atoms with Crippen LogP contribution in [0.25, 0.3) is 0 Å². The number of halogens is 1. The molecule has 0 atom stereocenters. The van der Waals surface area contributed by atoms with E-state index in [-0.39, 0.29) is 11.4 Å². The Kier molecular flexibility index (Phi) is 13.3. The molecule has 2 aromatic carbocycles. The smallest absolute Gasteiger partial charge is 0.320 e. The van der Waals surface area contributed by atoms with Crippen molar-refractivity contribution in [1.29, 1.82) is 5.26 Å². The minimum absolute atomic E-state index is 0.129. The summed E-state index contributed by atoms with van der Waals surface area (Å²) in [6.45, 7) is 16.7. The molecule has 0 aliphatic carbocycles. The first-order valence-corrected chi connectivity index (χ1v) is 17.7. The van der Waals surface area contributed by atoms with E-state index in [1.165, 1.54) is 12.8 Å². The van der Waals surface area contributed by atoms with Crippen LogP contribution >= 0.6 is 11.6 Å². The largest absolute Gasteiger partial charge is 0.487 e. The van der Waals surface area contributed by atoms with Gasteiger partial charge in [0.2, 0.25) is 5.95 Å². The van der Waals surface area contributed by atoms with Crippen LogP contribution in [-0.2, 0) is 21.6 Å². The number of rotatable bonds is 15. The topological polar surface area (TPSA) is 91.6 Å². The van der Waals surface area contributed by atoms with Gasteiger partial charge in [0.25, 0.3) is 0 Å². The number of aromatic nitrogens is 2. The lowest BCUT2D eigenvalue weighted by Crippen LogP contribution is -2.39. The standard InChI is InChI=1S/C39H52ClN5O3/c1-7-19-45(20-9-8-10-29-16-21-44(22-17-29)27-36(46)48-38(2,3)4)37-42-18-15-34(43-37)28-47-35-13-11-31(12-14-35)39(5,6)32-23-30(26-41)24-33(40)25-32/h11-15,18,23-25,29H,7-10,16-17,19-22,27-28H2,1-6H3. The van der Waals surface area contributed by atoms with Gasteiger partial charge in [-0.2, -0.15) is 5.26 Å². The number of likely N-dealkylation sites (tertiary alicyclic amines) is 1. The van der Waals surface area contributed by atoms with Crippen molar-refractivity contribution >= 4 is 23.5 Å². The summed E-state index contributed by atoms with van der Waals surface area (Å²) in [6, 6.07) is 17.7. The van der Waals surface area contributed by atoms with Crippen molar-refractivity contribution in [1.82, 2.24) is 14.9 Å². The van der Waals surface area contributed by atoms with Crippen LogP contribution in [-0.4, -0.2) is 59.2 Å². The summed E-state index contributed by atoms with van der Waals surface area (Å²) in [5.41, 5.74) is 2.72. The monoisotopic (exact) mass is 673 g/mol. The van der Waals surface area contributed by atoms with Crippen molar-refractivity contribution in [2.45, 2.75) is 97.7 Å². The molecule has 1 aliphatic rings. The molecule has 4 rings (SSSR count). The van der Waals surface area contributed by atoms with Crippen LogP contribution in [0.15, 0.2) is 54.7 Å². The molecule has 8 nitrogen and oxygen atoms in total. The first-order valence-electron chi connectivity index (χ1n) is 17.3. The van der Waals surface area contributed by atoms with E-state index >= 15 is 0 Å². The zero-order valence-electron chi connectivity index (χ0n) is 29.6. The van der Waals surface area contributed by atoms with Crippen molar-refractivity contribution in [3.8, 4) is 11.8 Å². The first-order chi connectivity index (χ1) is 22.9. The second kappa shape index (κ2) is 17.1. The van der Waals surface area contributed by atoms with E-state index in [2.05, 4.69) is 53.8 Å². The molecule has 1 aromatic heterocycles. The number of unbranched alkanes of at least 4 members (excludes halogenated alkanes) is 1. The molecule has 0 N–H and O–H groups in total. The summed E-state index contributed by atoms with van der Waals surface area (Å²) in [6.07, 6.45) is 8.60. The van der Waals surface area contributed by atoms with Crippen LogP contribution in [0.4, 0.5) is 5.95 Å². The van der Waals surface area contributed by atoms with Gasteiger partial charge in [-0.1, -0.05) is 57.3 Å². The predicted octanol–water partition coefficient (Wildman–Crippen LogP) is 8.35. The lowest BCUT2D eigenvalue weighted by Gasteiger charge is -2.32. The van der Waals surface area contributed by atoms with Gasteiger partial charge < -0.3 is 14.4 Å². The van der Waals surface area contributed by atoms with Crippen LogP contribution in [0.1, 0.15) is 102 Å². The molecular formula is C39H52ClN5O3. The van der Waals surface area contributed by atoms with E-state index in [4.69, 9.17) is 26.1 Å². The minimum Gasteiger partial charge on any atom is -0.487 e. The van der Waals surface area contributed by atoms with Gasteiger partial charge >= 0.3 is 5.97 Å². The van der Waals surface area contributed by atoms with Gasteiger partial charge in [0.1, 0.15) is 18.0 Å². The predicted molar refractivity (Wildman–Crippen MR) is 192 cm³/mol. The highest BCUT2D eigenvalue weighted by Gasteiger charge is 2.25. The lowest BCUT2D eigenvalue weighted by atomic mass is 9.78. The van der Waals surface area contributed by atoms with Crippen molar-refractivity contribution in [3.63, 3.8) is 0 Å². The van der Waals surface area contributed by atoms with Gasteiger partial charge in [-0.15, -0.1) is 0 Å². The van der Waals surface area contributed by atoms with Gasteiger partial charge in [0, 0.05) is 29.7 Å². The summed E-state index contributed by atoms with van der Waals surface area (Å²) in [5, 5.41) is 9.94. The van der Waals surface area contributed by atoms with E-state index in [0.29, 0.717) is 29.7 Å². The van der Waals surface area contributed by atoms with E-state index < -0.39 is 5.60 Å². The lowest BCUT2D eigenvalue weighted by molar-refractivity contribution is -0.156. The van der Waals surface area contributed by atoms with Gasteiger partial charge in [-0.3, -0.25) is 9.69 Å². The molecule has 258 valence electrons. The van der Waals surface area contributed by atoms with Crippen LogP contribution in [0, 0.1) is 17.2 Å². The molecule has 0 unspecified atom stereocenters. The Hall–Kier alpha value is -3.67. The van der Waals surface area contributed by atoms with Crippen molar-refractivity contribution in [2.75, 3.05) is 37.6 Å². The van der Waals surface area contributed by atoms with E-state index in [0.717, 1.165) is 80.4 Å². The molecule has 0 spiro atoms. The Morgan fingerprint density at radius 2 is 1.75 bits per heavy atom. The van der Waals surface area contributed by atoms with Crippen LogP contribution in [0.5, 0.6) is 5.75 Å². The third-order valence-corrected chi connectivity index (χ3v) is 9.18. The number of nitrogens with zero attached hydrogens (tertiary/aromatic N) is 5.